The van der Waals surface area contributed by atoms with Crippen molar-refractivity contribution >= 4 is 12.2 Å². The predicted molar refractivity (Wildman–Crippen MR) is 48.8 cm³/mol. The van der Waals surface area contributed by atoms with Crippen molar-refractivity contribution < 1.29 is 30.0 Å². The Bertz CT molecular complexity index is 221. The fraction of sp³-hybridized carbons (Fsp3) is 0.750. The number of amides is 1. The molecule has 0 saturated heterocycles. The Kier molecular flexibility index (Phi) is 6.02. The largest absolute Gasteiger partial charge is 0.394 e. The summed E-state index contributed by atoms with van der Waals surface area (Å²) in [4.78, 5) is 21.1. The van der Waals surface area contributed by atoms with Gasteiger partial charge in [0.2, 0.25) is 5.91 Å². The molecule has 7 nitrogen and oxygen atoms in total. The van der Waals surface area contributed by atoms with E-state index < -0.39 is 36.9 Å². The van der Waals surface area contributed by atoms with Gasteiger partial charge in [-0.1, -0.05) is 0 Å². The first kappa shape index (κ1) is 14.0. The molecule has 0 aromatic rings. The zero-order valence-corrected chi connectivity index (χ0v) is 8.20. The molecule has 0 aromatic heterocycles. The van der Waals surface area contributed by atoms with Crippen molar-refractivity contribution in [2.75, 3.05) is 6.61 Å². The molecule has 5 N–H and O–H groups in total. The molecule has 1 amide bonds. The zero-order valence-electron chi connectivity index (χ0n) is 8.20. The minimum absolute atomic E-state index is 0.235. The van der Waals surface area contributed by atoms with Gasteiger partial charge in [0.05, 0.1) is 6.61 Å². The molecule has 0 radical (unpaired) electrons. The normalized spacial score (nSPS) is 18.7. The number of rotatable bonds is 6. The summed E-state index contributed by atoms with van der Waals surface area (Å²) >= 11 is 0. The maximum atomic E-state index is 10.6. The van der Waals surface area contributed by atoms with E-state index in [0.717, 1.165) is 6.92 Å². The summed E-state index contributed by atoms with van der Waals surface area (Å²) in [7, 11) is 0. The third-order valence-corrected chi connectivity index (χ3v) is 1.82. The first-order chi connectivity index (χ1) is 6.93. The Labute approximate surface area is 86.3 Å². The second-order valence-corrected chi connectivity index (χ2v) is 3.09. The molecular weight excluding hydrogens is 206 g/mol. The van der Waals surface area contributed by atoms with Crippen LogP contribution in [0.15, 0.2) is 0 Å². The maximum Gasteiger partial charge on any atom is 0.217 e. The molecule has 15 heavy (non-hydrogen) atoms. The van der Waals surface area contributed by atoms with Crippen LogP contribution in [0.5, 0.6) is 0 Å². The van der Waals surface area contributed by atoms with Crippen LogP contribution in [-0.2, 0) is 9.59 Å². The number of carbonyl (C=O) groups is 2. The van der Waals surface area contributed by atoms with Gasteiger partial charge in [-0.25, -0.2) is 0 Å². The summed E-state index contributed by atoms with van der Waals surface area (Å²) < 4.78 is 0. The first-order valence-electron chi connectivity index (χ1n) is 4.31. The monoisotopic (exact) mass is 221 g/mol. The average molecular weight is 221 g/mol. The van der Waals surface area contributed by atoms with Gasteiger partial charge in [-0.3, -0.25) is 4.79 Å². The Hall–Kier alpha value is -1.02. The number of nitrogens with one attached hydrogen (secondary N) is 1. The SMILES string of the molecule is CC(=O)N[C@H](C=O)[C@H](O)[C@H](O)[C@@H](O)CO. The summed E-state index contributed by atoms with van der Waals surface area (Å²) in [5.41, 5.74) is 0. The van der Waals surface area contributed by atoms with Crippen molar-refractivity contribution in [1.29, 1.82) is 0 Å². The number of aliphatic hydroxyl groups excluding tert-OH is 4. The van der Waals surface area contributed by atoms with E-state index >= 15 is 0 Å². The summed E-state index contributed by atoms with van der Waals surface area (Å²) in [6.07, 6.45) is -4.72. The highest BCUT2D eigenvalue weighted by atomic mass is 16.4. The molecule has 0 heterocycles. The van der Waals surface area contributed by atoms with Crippen LogP contribution in [0.1, 0.15) is 6.92 Å². The second-order valence-electron chi connectivity index (χ2n) is 3.09. The van der Waals surface area contributed by atoms with Crippen LogP contribution in [-0.4, -0.2) is 63.6 Å². The molecule has 0 aliphatic carbocycles. The van der Waals surface area contributed by atoms with Crippen molar-refractivity contribution in [3.8, 4) is 0 Å². The number of aliphatic hydroxyl groups is 4. The van der Waals surface area contributed by atoms with E-state index in [9.17, 15) is 19.8 Å². The smallest absolute Gasteiger partial charge is 0.217 e. The minimum atomic E-state index is -1.71. The first-order valence-corrected chi connectivity index (χ1v) is 4.31. The number of hydrogen-bond donors (Lipinski definition) is 5. The summed E-state index contributed by atoms with van der Waals surface area (Å²) in [6, 6.07) is -1.32. The Balaban J connectivity index is 4.42. The summed E-state index contributed by atoms with van der Waals surface area (Å²) in [5.74, 6) is -0.558. The number of hydrogen-bond acceptors (Lipinski definition) is 6. The molecule has 4 atom stereocenters. The van der Waals surface area contributed by atoms with E-state index in [1.807, 2.05) is 0 Å². The molecule has 0 spiro atoms. The molecule has 0 saturated carbocycles. The molecule has 0 aliphatic rings. The molecule has 88 valence electrons. The second kappa shape index (κ2) is 6.46. The number of aldehydes is 1. The quantitative estimate of drug-likeness (QED) is 0.300. The van der Waals surface area contributed by atoms with Gasteiger partial charge in [-0.2, -0.15) is 0 Å². The van der Waals surface area contributed by atoms with Crippen molar-refractivity contribution in [1.82, 2.24) is 5.32 Å². The van der Waals surface area contributed by atoms with Crippen molar-refractivity contribution in [3.05, 3.63) is 0 Å². The van der Waals surface area contributed by atoms with E-state index in [0.29, 0.717) is 0 Å². The molecule has 0 rings (SSSR count). The van der Waals surface area contributed by atoms with Gasteiger partial charge in [0, 0.05) is 6.92 Å². The van der Waals surface area contributed by atoms with Crippen molar-refractivity contribution in [2.24, 2.45) is 0 Å². The standard InChI is InChI=1S/C8H15NO6/c1-4(12)9-5(2-10)7(14)8(15)6(13)3-11/h2,5-8,11,13-15H,3H2,1H3,(H,9,12)/t5-,6+,7+,8-/m1/s1. The van der Waals surface area contributed by atoms with Crippen molar-refractivity contribution in [2.45, 2.75) is 31.3 Å². The molecule has 0 aliphatic heterocycles. The van der Waals surface area contributed by atoms with E-state index in [-0.39, 0.29) is 6.29 Å². The zero-order chi connectivity index (χ0) is 12.0. The van der Waals surface area contributed by atoms with Gasteiger partial charge in [0.15, 0.2) is 0 Å². The van der Waals surface area contributed by atoms with E-state index in [1.165, 1.54) is 0 Å². The lowest BCUT2D eigenvalue weighted by Gasteiger charge is -2.25. The lowest BCUT2D eigenvalue weighted by atomic mass is 10.0. The van der Waals surface area contributed by atoms with E-state index in [4.69, 9.17) is 10.2 Å². The lowest BCUT2D eigenvalue weighted by Crippen LogP contribution is -2.53. The van der Waals surface area contributed by atoms with Crippen LogP contribution >= 0.6 is 0 Å². The Morgan fingerprint density at radius 2 is 1.87 bits per heavy atom. The van der Waals surface area contributed by atoms with Gasteiger partial charge in [-0.05, 0) is 0 Å². The molecule has 0 bridgehead atoms. The molecule has 0 aromatic carbocycles. The lowest BCUT2D eigenvalue weighted by molar-refractivity contribution is -0.129. The molecule has 0 fully saturated rings. The topological polar surface area (TPSA) is 127 Å². The van der Waals surface area contributed by atoms with Gasteiger partial charge in [0.1, 0.15) is 30.6 Å². The van der Waals surface area contributed by atoms with Crippen LogP contribution in [0.2, 0.25) is 0 Å². The van der Waals surface area contributed by atoms with E-state index in [1.54, 1.807) is 0 Å². The molecule has 7 heteroatoms. The summed E-state index contributed by atoms with van der Waals surface area (Å²) in [5, 5.41) is 38.2. The minimum Gasteiger partial charge on any atom is -0.394 e. The highest BCUT2D eigenvalue weighted by molar-refractivity contribution is 5.77. The van der Waals surface area contributed by atoms with Crippen LogP contribution in [0.3, 0.4) is 0 Å². The van der Waals surface area contributed by atoms with Gasteiger partial charge >= 0.3 is 0 Å². The van der Waals surface area contributed by atoms with Crippen molar-refractivity contribution in [3.63, 3.8) is 0 Å². The van der Waals surface area contributed by atoms with Crippen LogP contribution in [0.25, 0.3) is 0 Å². The van der Waals surface area contributed by atoms with Gasteiger partial charge in [0.25, 0.3) is 0 Å². The van der Waals surface area contributed by atoms with Crippen LogP contribution in [0.4, 0.5) is 0 Å². The fourth-order valence-corrected chi connectivity index (χ4v) is 0.983. The van der Waals surface area contributed by atoms with E-state index in [2.05, 4.69) is 5.32 Å². The third kappa shape index (κ3) is 4.34. The fourth-order valence-electron chi connectivity index (χ4n) is 0.983. The Morgan fingerprint density at radius 3 is 2.20 bits per heavy atom. The van der Waals surface area contributed by atoms with Gasteiger partial charge in [-0.15, -0.1) is 0 Å². The van der Waals surface area contributed by atoms with Crippen LogP contribution in [0, 0.1) is 0 Å². The maximum absolute atomic E-state index is 10.6. The highest BCUT2D eigenvalue weighted by Gasteiger charge is 2.31. The van der Waals surface area contributed by atoms with Crippen LogP contribution < -0.4 is 5.32 Å². The third-order valence-electron chi connectivity index (χ3n) is 1.82. The molecular formula is C8H15NO6. The molecule has 0 unspecified atom stereocenters. The average Bonchev–Trinajstić information content (AvgIpc) is 2.22. The van der Waals surface area contributed by atoms with Gasteiger partial charge < -0.3 is 30.5 Å². The highest BCUT2D eigenvalue weighted by Crippen LogP contribution is 2.03. The number of carbonyl (C=O) groups excluding carboxylic acids is 2. The Morgan fingerprint density at radius 1 is 1.33 bits per heavy atom. The predicted octanol–water partition coefficient (Wildman–Crippen LogP) is -3.23. The summed E-state index contributed by atoms with van der Waals surface area (Å²) in [6.45, 7) is 0.377.